The zero-order chi connectivity index (χ0) is 13.6. The summed E-state index contributed by atoms with van der Waals surface area (Å²) in [6, 6.07) is -0.375. The van der Waals surface area contributed by atoms with Gasteiger partial charge in [-0.2, -0.15) is 0 Å². The first-order chi connectivity index (χ1) is 9.06. The van der Waals surface area contributed by atoms with E-state index < -0.39 is 0 Å². The maximum atomic E-state index is 11.8. The first-order valence-electron chi connectivity index (χ1n) is 6.09. The summed E-state index contributed by atoms with van der Waals surface area (Å²) in [6.07, 6.45) is 5.78. The molecular formula is C13H13N3O3. The molecule has 1 aliphatic carbocycles. The lowest BCUT2D eigenvalue weighted by atomic mass is 9.99. The molecule has 0 aromatic heterocycles. The van der Waals surface area contributed by atoms with E-state index in [1.165, 1.54) is 6.08 Å². The number of carbonyl (C=O) groups excluding carboxylic acids is 3. The molecule has 3 rings (SSSR count). The number of hydrogen-bond acceptors (Lipinski definition) is 5. The molecule has 0 unspecified atom stereocenters. The van der Waals surface area contributed by atoms with Crippen LogP contribution in [0.3, 0.4) is 0 Å². The average molecular weight is 259 g/mol. The normalized spacial score (nSPS) is 26.5. The van der Waals surface area contributed by atoms with Crippen molar-refractivity contribution in [3.8, 4) is 0 Å². The quantitative estimate of drug-likeness (QED) is 0.610. The number of fused-ring (bicyclic) bond motifs is 1. The highest BCUT2D eigenvalue weighted by atomic mass is 16.2. The average Bonchev–Trinajstić information content (AvgIpc) is 2.78. The van der Waals surface area contributed by atoms with Gasteiger partial charge in [-0.15, -0.1) is 0 Å². The molecule has 0 aromatic carbocycles. The maximum Gasteiger partial charge on any atom is 0.249 e. The predicted octanol–water partition coefficient (Wildman–Crippen LogP) is -0.657. The van der Waals surface area contributed by atoms with Gasteiger partial charge < -0.3 is 10.6 Å². The van der Waals surface area contributed by atoms with Crippen LogP contribution in [0, 0.1) is 0 Å². The molecule has 1 fully saturated rings. The van der Waals surface area contributed by atoms with Gasteiger partial charge in [0.2, 0.25) is 17.6 Å². The highest BCUT2D eigenvalue weighted by Gasteiger charge is 2.35. The van der Waals surface area contributed by atoms with Crippen molar-refractivity contribution in [2.75, 3.05) is 6.54 Å². The molecule has 6 nitrogen and oxygen atoms in total. The van der Waals surface area contributed by atoms with Crippen LogP contribution in [0.15, 0.2) is 35.2 Å². The zero-order valence-corrected chi connectivity index (χ0v) is 10.2. The lowest BCUT2D eigenvalue weighted by Gasteiger charge is -2.29. The molecule has 3 N–H and O–H groups in total. The Labute approximate surface area is 109 Å². The molecule has 6 heteroatoms. The molecule has 19 heavy (non-hydrogen) atoms. The number of amides is 2. The highest BCUT2D eigenvalue weighted by molar-refractivity contribution is 6.06. The van der Waals surface area contributed by atoms with E-state index >= 15 is 0 Å². The van der Waals surface area contributed by atoms with Crippen LogP contribution >= 0.6 is 0 Å². The van der Waals surface area contributed by atoms with Crippen molar-refractivity contribution in [3.05, 3.63) is 35.2 Å². The second-order valence-corrected chi connectivity index (χ2v) is 4.81. The minimum atomic E-state index is -0.375. The van der Waals surface area contributed by atoms with Crippen LogP contribution in [0.25, 0.3) is 0 Å². The number of imide groups is 1. The molecule has 2 amide bonds. The maximum absolute atomic E-state index is 11.8. The largest absolute Gasteiger partial charge is 0.395 e. The van der Waals surface area contributed by atoms with Gasteiger partial charge in [-0.05, 0) is 24.1 Å². The van der Waals surface area contributed by atoms with Crippen LogP contribution in [0.5, 0.6) is 0 Å². The van der Waals surface area contributed by atoms with Gasteiger partial charge >= 0.3 is 0 Å². The number of nitrogens with two attached hydrogens (primary N) is 1. The van der Waals surface area contributed by atoms with Crippen molar-refractivity contribution in [1.82, 2.24) is 10.2 Å². The molecule has 0 aromatic rings. The lowest BCUT2D eigenvalue weighted by Crippen LogP contribution is -2.50. The minimum Gasteiger partial charge on any atom is -0.395 e. The second-order valence-electron chi connectivity index (χ2n) is 4.81. The third-order valence-corrected chi connectivity index (χ3v) is 3.61. The van der Waals surface area contributed by atoms with Crippen LogP contribution in [-0.2, 0) is 14.4 Å². The molecule has 2 heterocycles. The molecule has 0 spiro atoms. The van der Waals surface area contributed by atoms with Crippen LogP contribution < -0.4 is 11.1 Å². The molecule has 0 bridgehead atoms. The molecule has 98 valence electrons. The SMILES string of the molecule is NC1=C2CN([C@H]3CCC(=O)NC3=O)C=C2C=CC1=O. The van der Waals surface area contributed by atoms with Gasteiger partial charge in [0, 0.05) is 24.7 Å². The fourth-order valence-corrected chi connectivity index (χ4v) is 2.56. The summed E-state index contributed by atoms with van der Waals surface area (Å²) in [5.74, 6) is -0.724. The van der Waals surface area contributed by atoms with Gasteiger partial charge in [0.15, 0.2) is 0 Å². The number of nitrogens with one attached hydrogen (secondary N) is 1. The Morgan fingerprint density at radius 3 is 2.79 bits per heavy atom. The minimum absolute atomic E-state index is 0.197. The summed E-state index contributed by atoms with van der Waals surface area (Å²) in [5, 5.41) is 2.33. The number of allylic oxidation sites excluding steroid dienone is 2. The lowest BCUT2D eigenvalue weighted by molar-refractivity contribution is -0.136. The Morgan fingerprint density at radius 1 is 1.26 bits per heavy atom. The number of piperidine rings is 1. The topological polar surface area (TPSA) is 92.5 Å². The standard InChI is InChI=1S/C13H13N3O3/c14-12-8-6-16(5-7(8)1-3-10(12)17)9-2-4-11(18)15-13(9)19/h1,3,5,9H,2,4,6,14H2,(H,15,18,19)/t9-/m0/s1. The van der Waals surface area contributed by atoms with Gasteiger partial charge in [0.25, 0.3) is 0 Å². The summed E-state index contributed by atoms with van der Waals surface area (Å²) >= 11 is 0. The van der Waals surface area contributed by atoms with E-state index in [0.29, 0.717) is 19.4 Å². The van der Waals surface area contributed by atoms with Crippen LogP contribution in [-0.4, -0.2) is 35.1 Å². The van der Waals surface area contributed by atoms with E-state index in [0.717, 1.165) is 11.1 Å². The molecular weight excluding hydrogens is 246 g/mol. The van der Waals surface area contributed by atoms with E-state index in [9.17, 15) is 14.4 Å². The van der Waals surface area contributed by atoms with Crippen LogP contribution in [0.2, 0.25) is 0 Å². The predicted molar refractivity (Wildman–Crippen MR) is 66.3 cm³/mol. The molecule has 0 saturated carbocycles. The van der Waals surface area contributed by atoms with Gasteiger partial charge in [-0.1, -0.05) is 0 Å². The third-order valence-electron chi connectivity index (χ3n) is 3.61. The molecule has 1 saturated heterocycles. The Balaban J connectivity index is 1.85. The fourth-order valence-electron chi connectivity index (χ4n) is 2.56. The molecule has 1 atom stereocenters. The highest BCUT2D eigenvalue weighted by Crippen LogP contribution is 2.30. The number of hydrogen-bond donors (Lipinski definition) is 2. The summed E-state index contributed by atoms with van der Waals surface area (Å²) in [5.41, 5.74) is 7.63. The van der Waals surface area contributed by atoms with E-state index in [1.807, 2.05) is 11.1 Å². The first-order valence-corrected chi connectivity index (χ1v) is 6.09. The Kier molecular flexibility index (Phi) is 2.51. The van der Waals surface area contributed by atoms with Crippen molar-refractivity contribution >= 4 is 17.6 Å². The smallest absolute Gasteiger partial charge is 0.249 e. The molecule has 0 radical (unpaired) electrons. The van der Waals surface area contributed by atoms with E-state index in [-0.39, 0.29) is 29.3 Å². The number of nitrogens with zero attached hydrogens (tertiary/aromatic N) is 1. The van der Waals surface area contributed by atoms with Gasteiger partial charge in [0.05, 0.1) is 5.70 Å². The van der Waals surface area contributed by atoms with E-state index in [2.05, 4.69) is 5.32 Å². The Bertz CT molecular complexity index is 586. The summed E-state index contributed by atoms with van der Waals surface area (Å²) < 4.78 is 0. The first kappa shape index (κ1) is 11.7. The Morgan fingerprint density at radius 2 is 2.05 bits per heavy atom. The van der Waals surface area contributed by atoms with Crippen molar-refractivity contribution < 1.29 is 14.4 Å². The van der Waals surface area contributed by atoms with Crippen molar-refractivity contribution in [2.45, 2.75) is 18.9 Å². The van der Waals surface area contributed by atoms with Crippen LogP contribution in [0.1, 0.15) is 12.8 Å². The summed E-state index contributed by atoms with van der Waals surface area (Å²) in [4.78, 5) is 36.3. The Hall–Kier alpha value is -2.37. The van der Waals surface area contributed by atoms with Gasteiger partial charge in [-0.25, -0.2) is 0 Å². The molecule has 3 aliphatic rings. The second kappa shape index (κ2) is 4.08. The zero-order valence-electron chi connectivity index (χ0n) is 10.2. The fraction of sp³-hybridized carbons (Fsp3) is 0.308. The van der Waals surface area contributed by atoms with E-state index in [4.69, 9.17) is 5.73 Å². The summed E-state index contributed by atoms with van der Waals surface area (Å²) in [6.45, 7) is 0.434. The third kappa shape index (κ3) is 1.85. The van der Waals surface area contributed by atoms with Crippen molar-refractivity contribution in [3.63, 3.8) is 0 Å². The number of carbonyl (C=O) groups is 3. The number of rotatable bonds is 1. The van der Waals surface area contributed by atoms with Gasteiger partial charge in [0.1, 0.15) is 6.04 Å². The van der Waals surface area contributed by atoms with Crippen molar-refractivity contribution in [1.29, 1.82) is 0 Å². The van der Waals surface area contributed by atoms with E-state index in [1.54, 1.807) is 6.08 Å². The molecule has 2 aliphatic heterocycles. The van der Waals surface area contributed by atoms with Gasteiger partial charge in [-0.3, -0.25) is 19.7 Å². The summed E-state index contributed by atoms with van der Waals surface area (Å²) in [7, 11) is 0. The monoisotopic (exact) mass is 259 g/mol. The van der Waals surface area contributed by atoms with Crippen molar-refractivity contribution in [2.24, 2.45) is 5.73 Å². The van der Waals surface area contributed by atoms with Crippen LogP contribution in [0.4, 0.5) is 0 Å². The number of ketones is 1.